The molecule has 14 heavy (non-hydrogen) atoms. The van der Waals surface area contributed by atoms with Crippen LogP contribution in [0.2, 0.25) is 0 Å². The fraction of sp³-hybridized carbons (Fsp3) is 0.900. The third-order valence-corrected chi connectivity index (χ3v) is 2.03. The van der Waals surface area contributed by atoms with Crippen LogP contribution in [0.3, 0.4) is 0 Å². The van der Waals surface area contributed by atoms with Crippen molar-refractivity contribution in [3.8, 4) is 0 Å². The van der Waals surface area contributed by atoms with Crippen LogP contribution in [-0.4, -0.2) is 35.1 Å². The number of hydrogen-bond acceptors (Lipinski definition) is 2. The molecule has 1 N–H and O–H groups in total. The lowest BCUT2D eigenvalue weighted by Gasteiger charge is -2.24. The minimum atomic E-state index is -0.833. The molecule has 3 nitrogen and oxygen atoms in total. The summed E-state index contributed by atoms with van der Waals surface area (Å²) in [6, 6.07) is 0.764. The van der Waals surface area contributed by atoms with Gasteiger partial charge in [0.2, 0.25) is 0 Å². The molecule has 0 rings (SSSR count). The zero-order valence-electron chi connectivity index (χ0n) is 9.91. The van der Waals surface area contributed by atoms with E-state index in [1.165, 1.54) is 19.5 Å². The van der Waals surface area contributed by atoms with Crippen molar-refractivity contribution < 1.29 is 9.90 Å². The Bertz CT molecular complexity index is 123. The van der Waals surface area contributed by atoms with E-state index in [4.69, 9.17) is 9.90 Å². The van der Waals surface area contributed by atoms with Gasteiger partial charge in [0.15, 0.2) is 0 Å². The molecular formula is C10H24INO2. The van der Waals surface area contributed by atoms with Gasteiger partial charge in [-0.3, -0.25) is 4.79 Å². The van der Waals surface area contributed by atoms with E-state index in [0.717, 1.165) is 13.0 Å². The van der Waals surface area contributed by atoms with Crippen molar-refractivity contribution in [2.75, 3.05) is 13.1 Å². The standard InChI is InChI=1S/C8H19N.C2H4O2.HI/c1-5-8(4)9(6-2)7-3;1-2(3)4;/h8H,5-7H2,1-4H3;1H3,(H,3,4);1H. The van der Waals surface area contributed by atoms with Crippen molar-refractivity contribution in [2.45, 2.75) is 47.1 Å². The van der Waals surface area contributed by atoms with Crippen molar-refractivity contribution in [3.63, 3.8) is 0 Å². The summed E-state index contributed by atoms with van der Waals surface area (Å²) in [5.41, 5.74) is 0. The summed E-state index contributed by atoms with van der Waals surface area (Å²) in [7, 11) is 0. The molecule has 4 heteroatoms. The van der Waals surface area contributed by atoms with Gasteiger partial charge in [0.25, 0.3) is 5.97 Å². The smallest absolute Gasteiger partial charge is 0.300 e. The molecule has 0 saturated heterocycles. The maximum absolute atomic E-state index is 9.00. The molecule has 88 valence electrons. The molecule has 0 aromatic carbocycles. The largest absolute Gasteiger partial charge is 0.481 e. The molecule has 0 aromatic rings. The lowest BCUT2D eigenvalue weighted by Crippen LogP contribution is -2.31. The first kappa shape index (κ1) is 19.7. The molecule has 0 bridgehead atoms. The maximum atomic E-state index is 9.00. The van der Waals surface area contributed by atoms with Gasteiger partial charge in [-0.05, 0) is 26.4 Å². The van der Waals surface area contributed by atoms with Crippen LogP contribution in [-0.2, 0) is 4.79 Å². The van der Waals surface area contributed by atoms with Crippen LogP contribution >= 0.6 is 24.0 Å². The summed E-state index contributed by atoms with van der Waals surface area (Å²) in [4.78, 5) is 11.5. The topological polar surface area (TPSA) is 40.5 Å². The zero-order chi connectivity index (χ0) is 10.9. The van der Waals surface area contributed by atoms with Gasteiger partial charge in [0.1, 0.15) is 0 Å². The van der Waals surface area contributed by atoms with Crippen LogP contribution in [0, 0.1) is 0 Å². The monoisotopic (exact) mass is 317 g/mol. The second-order valence-electron chi connectivity index (χ2n) is 3.00. The first-order valence-electron chi connectivity index (χ1n) is 4.93. The molecule has 0 spiro atoms. The van der Waals surface area contributed by atoms with Gasteiger partial charge in [-0.15, -0.1) is 24.0 Å². The number of carboxylic acids is 1. The van der Waals surface area contributed by atoms with Gasteiger partial charge < -0.3 is 10.0 Å². The average Bonchev–Trinajstić information content (AvgIpc) is 2.05. The van der Waals surface area contributed by atoms with Gasteiger partial charge in [0.05, 0.1) is 0 Å². The highest BCUT2D eigenvalue weighted by molar-refractivity contribution is 14.0. The first-order valence-corrected chi connectivity index (χ1v) is 4.93. The highest BCUT2D eigenvalue weighted by atomic mass is 127. The summed E-state index contributed by atoms with van der Waals surface area (Å²) in [6.07, 6.45) is 1.27. The highest BCUT2D eigenvalue weighted by Crippen LogP contribution is 2.00. The van der Waals surface area contributed by atoms with Gasteiger partial charge in [0, 0.05) is 13.0 Å². The number of rotatable bonds is 4. The van der Waals surface area contributed by atoms with Crippen LogP contribution < -0.4 is 0 Å². The van der Waals surface area contributed by atoms with Crippen molar-refractivity contribution in [1.29, 1.82) is 0 Å². The molecule has 0 heterocycles. The Morgan fingerprint density at radius 1 is 1.29 bits per heavy atom. The molecule has 0 aliphatic rings. The fourth-order valence-electron chi connectivity index (χ4n) is 1.11. The van der Waals surface area contributed by atoms with Crippen LogP contribution in [0.5, 0.6) is 0 Å². The van der Waals surface area contributed by atoms with E-state index >= 15 is 0 Å². The van der Waals surface area contributed by atoms with E-state index < -0.39 is 5.97 Å². The molecule has 1 unspecified atom stereocenters. The van der Waals surface area contributed by atoms with Gasteiger partial charge in [-0.2, -0.15) is 0 Å². The molecule has 0 radical (unpaired) electrons. The number of carboxylic acid groups (broad SMARTS) is 1. The number of carbonyl (C=O) groups is 1. The second kappa shape index (κ2) is 13.2. The predicted octanol–water partition coefficient (Wildman–Crippen LogP) is 2.84. The molecule has 1 atom stereocenters. The van der Waals surface area contributed by atoms with Crippen LogP contribution in [0.4, 0.5) is 0 Å². The number of hydrogen-bond donors (Lipinski definition) is 1. The fourth-order valence-corrected chi connectivity index (χ4v) is 1.11. The van der Waals surface area contributed by atoms with Gasteiger partial charge in [-0.25, -0.2) is 0 Å². The Hall–Kier alpha value is 0.160. The van der Waals surface area contributed by atoms with Crippen molar-refractivity contribution in [1.82, 2.24) is 4.90 Å². The number of halogens is 1. The molecule has 0 aliphatic heterocycles. The zero-order valence-corrected chi connectivity index (χ0v) is 12.2. The van der Waals surface area contributed by atoms with E-state index in [1.807, 2.05) is 0 Å². The normalized spacial score (nSPS) is 11.0. The van der Waals surface area contributed by atoms with E-state index in [9.17, 15) is 0 Å². The molecular weight excluding hydrogens is 293 g/mol. The summed E-state index contributed by atoms with van der Waals surface area (Å²) < 4.78 is 0. The number of nitrogens with zero attached hydrogens (tertiary/aromatic N) is 1. The predicted molar refractivity (Wildman–Crippen MR) is 71.4 cm³/mol. The number of aliphatic carboxylic acids is 1. The molecule has 0 aromatic heterocycles. The van der Waals surface area contributed by atoms with E-state index in [0.29, 0.717) is 0 Å². The average molecular weight is 317 g/mol. The molecule has 0 fully saturated rings. The van der Waals surface area contributed by atoms with E-state index in [2.05, 4.69) is 32.6 Å². The van der Waals surface area contributed by atoms with E-state index in [1.54, 1.807) is 0 Å². The SMILES string of the molecule is CC(=O)O.CCC(C)N(CC)CC.I. The lowest BCUT2D eigenvalue weighted by molar-refractivity contribution is -0.134. The van der Waals surface area contributed by atoms with Crippen LogP contribution in [0.1, 0.15) is 41.0 Å². The summed E-state index contributed by atoms with van der Waals surface area (Å²) >= 11 is 0. The molecule has 0 aliphatic carbocycles. The highest BCUT2D eigenvalue weighted by Gasteiger charge is 2.05. The molecule has 0 saturated carbocycles. The van der Waals surface area contributed by atoms with Crippen LogP contribution in [0.15, 0.2) is 0 Å². The maximum Gasteiger partial charge on any atom is 0.300 e. The molecule has 0 amide bonds. The van der Waals surface area contributed by atoms with Crippen molar-refractivity contribution in [2.24, 2.45) is 0 Å². The minimum Gasteiger partial charge on any atom is -0.481 e. The van der Waals surface area contributed by atoms with Gasteiger partial charge in [-0.1, -0.05) is 20.8 Å². The first-order chi connectivity index (χ1) is 5.99. The Balaban J connectivity index is -0.000000209. The van der Waals surface area contributed by atoms with Gasteiger partial charge >= 0.3 is 0 Å². The third-order valence-electron chi connectivity index (χ3n) is 2.03. The summed E-state index contributed by atoms with van der Waals surface area (Å²) in [6.45, 7) is 12.4. The lowest BCUT2D eigenvalue weighted by atomic mass is 10.2. The Labute approximate surface area is 105 Å². The van der Waals surface area contributed by atoms with Crippen molar-refractivity contribution >= 4 is 29.9 Å². The van der Waals surface area contributed by atoms with E-state index in [-0.39, 0.29) is 24.0 Å². The quantitative estimate of drug-likeness (QED) is 0.811. The van der Waals surface area contributed by atoms with Crippen LogP contribution in [0.25, 0.3) is 0 Å². The summed E-state index contributed by atoms with van der Waals surface area (Å²) in [5.74, 6) is -0.833. The minimum absolute atomic E-state index is 0. The van der Waals surface area contributed by atoms with Crippen molar-refractivity contribution in [3.05, 3.63) is 0 Å². The Morgan fingerprint density at radius 2 is 1.57 bits per heavy atom. The Kier molecular flexibility index (Phi) is 18.5. The third kappa shape index (κ3) is 14.7. The second-order valence-corrected chi connectivity index (χ2v) is 3.00. The Morgan fingerprint density at radius 3 is 1.64 bits per heavy atom. The summed E-state index contributed by atoms with van der Waals surface area (Å²) in [5, 5.41) is 7.42.